The number of nitrogens with one attached hydrogen (secondary N) is 1. The molecule has 5 rings (SSSR count). The van der Waals surface area contributed by atoms with Crippen LogP contribution in [0.5, 0.6) is 0 Å². The van der Waals surface area contributed by atoms with Crippen molar-refractivity contribution in [3.8, 4) is 22.5 Å². The number of rotatable bonds is 6. The molecule has 0 radical (unpaired) electrons. The molecule has 4 nitrogen and oxygen atoms in total. The van der Waals surface area contributed by atoms with E-state index >= 15 is 0 Å². The van der Waals surface area contributed by atoms with E-state index in [9.17, 15) is 4.79 Å². The van der Waals surface area contributed by atoms with Gasteiger partial charge in [0, 0.05) is 21.9 Å². The number of fused-ring (bicyclic) bond motifs is 1. The number of thiazole rings is 1. The zero-order valence-electron chi connectivity index (χ0n) is 20.1. The van der Waals surface area contributed by atoms with Crippen LogP contribution in [0.4, 0.5) is 5.13 Å². The lowest BCUT2D eigenvalue weighted by Crippen LogP contribution is -2.13. The normalized spacial score (nSPS) is 11.2. The van der Waals surface area contributed by atoms with Crippen LogP contribution in [0.3, 0.4) is 0 Å². The van der Waals surface area contributed by atoms with Gasteiger partial charge in [-0.2, -0.15) is 0 Å². The van der Waals surface area contributed by atoms with Crippen LogP contribution in [0, 0.1) is 12.8 Å². The number of anilines is 1. The molecule has 0 atom stereocenters. The number of carbonyl (C=O) groups is 1. The van der Waals surface area contributed by atoms with Gasteiger partial charge in [0.25, 0.3) is 5.91 Å². The third kappa shape index (κ3) is 5.15. The summed E-state index contributed by atoms with van der Waals surface area (Å²) in [5.74, 6) is 0.433. The summed E-state index contributed by atoms with van der Waals surface area (Å²) in [6.45, 7) is 6.50. The van der Waals surface area contributed by atoms with Crippen LogP contribution >= 0.6 is 11.3 Å². The highest BCUT2D eigenvalue weighted by Gasteiger charge is 2.16. The van der Waals surface area contributed by atoms with E-state index in [0.717, 1.165) is 39.8 Å². The van der Waals surface area contributed by atoms with E-state index in [-0.39, 0.29) is 5.91 Å². The smallest absolute Gasteiger partial charge is 0.258 e. The Labute approximate surface area is 209 Å². The predicted octanol–water partition coefficient (Wildman–Crippen LogP) is 7.78. The lowest BCUT2D eigenvalue weighted by molar-refractivity contribution is 0.102. The number of benzene rings is 3. The summed E-state index contributed by atoms with van der Waals surface area (Å²) in [5.41, 5.74) is 7.54. The molecule has 5 heteroatoms. The number of pyridine rings is 1. The molecule has 0 aliphatic heterocycles. The standard InChI is InChI=1S/C30H27N3OS/c1-19(2)16-21-10-14-23(15-11-21)28-18-35-30(32-28)33-29(34)25-17-27(22-12-8-20(3)9-13-22)31-26-7-5-4-6-24(25)26/h4-15,17-19H,16H2,1-3H3,(H,32,33,34). The maximum atomic E-state index is 13.4. The van der Waals surface area contributed by atoms with Crippen LogP contribution in [0.15, 0.2) is 84.2 Å². The number of amides is 1. The molecule has 0 bridgehead atoms. The van der Waals surface area contributed by atoms with E-state index in [1.165, 1.54) is 22.5 Å². The summed E-state index contributed by atoms with van der Waals surface area (Å²) in [7, 11) is 0. The van der Waals surface area contributed by atoms with Crippen LogP contribution in [0.1, 0.15) is 35.3 Å². The van der Waals surface area contributed by atoms with Gasteiger partial charge in [-0.25, -0.2) is 9.97 Å². The molecular formula is C30H27N3OS. The summed E-state index contributed by atoms with van der Waals surface area (Å²) in [6.07, 6.45) is 1.06. The summed E-state index contributed by atoms with van der Waals surface area (Å²) < 4.78 is 0. The van der Waals surface area contributed by atoms with Crippen LogP contribution in [-0.2, 0) is 6.42 Å². The SMILES string of the molecule is Cc1ccc(-c2cc(C(=O)Nc3nc(-c4ccc(CC(C)C)cc4)cs3)c3ccccc3n2)cc1. The fourth-order valence-electron chi connectivity index (χ4n) is 4.15. The monoisotopic (exact) mass is 477 g/mol. The van der Waals surface area contributed by atoms with Crippen molar-refractivity contribution in [2.24, 2.45) is 5.92 Å². The van der Waals surface area contributed by atoms with Crippen molar-refractivity contribution in [2.45, 2.75) is 27.2 Å². The predicted molar refractivity (Wildman–Crippen MR) is 146 cm³/mol. The van der Waals surface area contributed by atoms with Crippen molar-refractivity contribution in [3.63, 3.8) is 0 Å². The Hall–Kier alpha value is -3.83. The van der Waals surface area contributed by atoms with Gasteiger partial charge in [-0.05, 0) is 37.0 Å². The van der Waals surface area contributed by atoms with Crippen molar-refractivity contribution < 1.29 is 4.79 Å². The third-order valence-corrected chi connectivity index (χ3v) is 6.68. The van der Waals surface area contributed by atoms with Crippen molar-refractivity contribution >= 4 is 33.3 Å². The van der Waals surface area contributed by atoms with Gasteiger partial charge in [-0.1, -0.05) is 86.1 Å². The molecule has 35 heavy (non-hydrogen) atoms. The fourth-order valence-corrected chi connectivity index (χ4v) is 4.86. The molecule has 0 fully saturated rings. The lowest BCUT2D eigenvalue weighted by Gasteiger charge is -2.10. The average molecular weight is 478 g/mol. The average Bonchev–Trinajstić information content (AvgIpc) is 3.32. The molecule has 1 N–H and O–H groups in total. The Bertz CT molecular complexity index is 1480. The number of hydrogen-bond donors (Lipinski definition) is 1. The van der Waals surface area contributed by atoms with Crippen molar-refractivity contribution in [2.75, 3.05) is 5.32 Å². The lowest BCUT2D eigenvalue weighted by atomic mass is 10.0. The Morgan fingerprint density at radius 3 is 2.31 bits per heavy atom. The van der Waals surface area contributed by atoms with Crippen molar-refractivity contribution in [1.82, 2.24) is 9.97 Å². The first-order valence-electron chi connectivity index (χ1n) is 11.8. The topological polar surface area (TPSA) is 54.9 Å². The first-order chi connectivity index (χ1) is 17.0. The highest BCUT2D eigenvalue weighted by Crippen LogP contribution is 2.28. The Balaban J connectivity index is 1.42. The molecule has 0 aliphatic carbocycles. The van der Waals surface area contributed by atoms with Gasteiger partial charge in [0.2, 0.25) is 0 Å². The Morgan fingerprint density at radius 2 is 1.57 bits per heavy atom. The van der Waals surface area contributed by atoms with Gasteiger partial charge in [-0.3, -0.25) is 10.1 Å². The van der Waals surface area contributed by atoms with Crippen LogP contribution in [0.2, 0.25) is 0 Å². The molecule has 0 saturated carbocycles. The number of aromatic nitrogens is 2. The van der Waals surface area contributed by atoms with E-state index in [1.807, 2.05) is 47.8 Å². The summed E-state index contributed by atoms with van der Waals surface area (Å²) in [5, 5.41) is 6.38. The molecule has 0 unspecified atom stereocenters. The van der Waals surface area contributed by atoms with Crippen LogP contribution in [0.25, 0.3) is 33.4 Å². The maximum Gasteiger partial charge on any atom is 0.258 e. The second kappa shape index (κ2) is 9.80. The van der Waals surface area contributed by atoms with Gasteiger partial charge in [0.1, 0.15) is 0 Å². The molecule has 0 spiro atoms. The molecule has 1 amide bonds. The van der Waals surface area contributed by atoms with E-state index < -0.39 is 0 Å². The summed E-state index contributed by atoms with van der Waals surface area (Å²) in [4.78, 5) is 22.9. The number of aryl methyl sites for hydroxylation is 1. The number of nitrogens with zero attached hydrogens (tertiary/aromatic N) is 2. The van der Waals surface area contributed by atoms with Gasteiger partial charge < -0.3 is 0 Å². The molecule has 0 saturated heterocycles. The third-order valence-electron chi connectivity index (χ3n) is 5.93. The van der Waals surface area contributed by atoms with Gasteiger partial charge in [0.05, 0.1) is 22.5 Å². The maximum absolute atomic E-state index is 13.4. The Morgan fingerprint density at radius 1 is 0.886 bits per heavy atom. The molecule has 2 heterocycles. The van der Waals surface area contributed by atoms with E-state index in [0.29, 0.717) is 16.6 Å². The first-order valence-corrected chi connectivity index (χ1v) is 12.7. The molecule has 0 aliphatic rings. The van der Waals surface area contributed by atoms with Crippen LogP contribution in [-0.4, -0.2) is 15.9 Å². The minimum absolute atomic E-state index is 0.190. The summed E-state index contributed by atoms with van der Waals surface area (Å²) >= 11 is 1.43. The van der Waals surface area contributed by atoms with Gasteiger partial charge in [0.15, 0.2) is 5.13 Å². The quantitative estimate of drug-likeness (QED) is 0.272. The first kappa shape index (κ1) is 22.9. The second-order valence-corrected chi connectivity index (χ2v) is 10.1. The number of hydrogen-bond acceptors (Lipinski definition) is 4. The molecular weight excluding hydrogens is 450 g/mol. The molecule has 2 aromatic heterocycles. The largest absolute Gasteiger partial charge is 0.298 e. The molecule has 174 valence electrons. The number of para-hydroxylation sites is 1. The second-order valence-electron chi connectivity index (χ2n) is 9.23. The van der Waals surface area contributed by atoms with E-state index in [4.69, 9.17) is 4.98 Å². The van der Waals surface area contributed by atoms with Gasteiger partial charge in [-0.15, -0.1) is 11.3 Å². The molecule has 5 aromatic rings. The highest BCUT2D eigenvalue weighted by molar-refractivity contribution is 7.14. The van der Waals surface area contributed by atoms with Crippen LogP contribution < -0.4 is 5.32 Å². The Kier molecular flexibility index (Phi) is 6.43. The summed E-state index contributed by atoms with van der Waals surface area (Å²) in [6, 6.07) is 26.3. The fraction of sp³-hybridized carbons (Fsp3) is 0.167. The van der Waals surface area contributed by atoms with Crippen molar-refractivity contribution in [3.05, 3.63) is 101 Å². The minimum Gasteiger partial charge on any atom is -0.298 e. The van der Waals surface area contributed by atoms with Crippen molar-refractivity contribution in [1.29, 1.82) is 0 Å². The molecule has 3 aromatic carbocycles. The zero-order valence-corrected chi connectivity index (χ0v) is 20.9. The highest BCUT2D eigenvalue weighted by atomic mass is 32.1. The van der Waals surface area contributed by atoms with E-state index in [2.05, 4.69) is 67.5 Å². The zero-order chi connectivity index (χ0) is 24.4. The van der Waals surface area contributed by atoms with E-state index in [1.54, 1.807) is 0 Å². The number of carbonyl (C=O) groups excluding carboxylic acids is 1. The minimum atomic E-state index is -0.190. The van der Waals surface area contributed by atoms with Gasteiger partial charge >= 0.3 is 0 Å².